The first-order chi connectivity index (χ1) is 13.8. The van der Waals surface area contributed by atoms with Gasteiger partial charge in [0.1, 0.15) is 0 Å². The van der Waals surface area contributed by atoms with Crippen LogP contribution in [0.25, 0.3) is 0 Å². The number of fused-ring (bicyclic) bond motifs is 1. The molecule has 0 aromatic heterocycles. The Kier molecular flexibility index (Phi) is 6.01. The largest absolute Gasteiger partial charge is 0.449 e. The van der Waals surface area contributed by atoms with Crippen LogP contribution in [0.15, 0.2) is 53.4 Å². The quantitative estimate of drug-likeness (QED) is 0.576. The summed E-state index contributed by atoms with van der Waals surface area (Å²) in [6.07, 6.45) is 4.83. The number of para-hydroxylation sites is 1. The second kappa shape index (κ2) is 8.47. The van der Waals surface area contributed by atoms with Gasteiger partial charge in [-0.1, -0.05) is 24.1 Å². The highest BCUT2D eigenvalue weighted by atomic mass is 32.2. The molecule has 150 valence electrons. The van der Waals surface area contributed by atoms with Gasteiger partial charge in [-0.15, -0.1) is 6.42 Å². The summed E-state index contributed by atoms with van der Waals surface area (Å²) in [6, 6.07) is 12.8. The first-order valence-electron chi connectivity index (χ1n) is 8.97. The lowest BCUT2D eigenvalue weighted by molar-refractivity contribution is -0.126. The molecule has 0 bridgehead atoms. The van der Waals surface area contributed by atoms with Crippen LogP contribution in [-0.4, -0.2) is 39.5 Å². The van der Waals surface area contributed by atoms with Crippen molar-refractivity contribution in [3.05, 3.63) is 59.7 Å². The predicted molar refractivity (Wildman–Crippen MR) is 108 cm³/mol. The number of ether oxygens (including phenoxy) is 1. The Labute approximate surface area is 169 Å². The van der Waals surface area contributed by atoms with E-state index in [1.54, 1.807) is 4.90 Å². The van der Waals surface area contributed by atoms with Crippen LogP contribution in [0.5, 0.6) is 0 Å². The summed E-state index contributed by atoms with van der Waals surface area (Å²) >= 11 is 0. The van der Waals surface area contributed by atoms with Gasteiger partial charge in [-0.2, -0.15) is 4.72 Å². The Morgan fingerprint density at radius 1 is 1.21 bits per heavy atom. The third-order valence-corrected chi connectivity index (χ3v) is 5.97. The topological polar surface area (TPSA) is 92.8 Å². The Balaban J connectivity index is 1.66. The van der Waals surface area contributed by atoms with Crippen molar-refractivity contribution in [2.75, 3.05) is 18.0 Å². The van der Waals surface area contributed by atoms with E-state index in [1.807, 2.05) is 24.3 Å². The van der Waals surface area contributed by atoms with Crippen molar-refractivity contribution in [3.8, 4) is 12.3 Å². The van der Waals surface area contributed by atoms with Gasteiger partial charge in [0.25, 0.3) is 5.91 Å². The van der Waals surface area contributed by atoms with Crippen LogP contribution in [0, 0.1) is 12.3 Å². The average molecular weight is 412 g/mol. The van der Waals surface area contributed by atoms with Crippen molar-refractivity contribution in [2.45, 2.75) is 24.3 Å². The lowest BCUT2D eigenvalue weighted by atomic mass is 10.2. The molecule has 3 rings (SSSR count). The van der Waals surface area contributed by atoms with Gasteiger partial charge >= 0.3 is 5.97 Å². The summed E-state index contributed by atoms with van der Waals surface area (Å²) in [4.78, 5) is 26.7. The summed E-state index contributed by atoms with van der Waals surface area (Å²) in [5.74, 6) is 1.17. The lowest BCUT2D eigenvalue weighted by Gasteiger charge is -2.21. The smallest absolute Gasteiger partial charge is 0.338 e. The van der Waals surface area contributed by atoms with E-state index >= 15 is 0 Å². The third kappa shape index (κ3) is 4.47. The maximum Gasteiger partial charge on any atom is 0.338 e. The van der Waals surface area contributed by atoms with Crippen molar-refractivity contribution in [3.63, 3.8) is 0 Å². The van der Waals surface area contributed by atoms with E-state index in [0.29, 0.717) is 6.54 Å². The number of terminal acetylenes is 1. The molecule has 8 heteroatoms. The molecule has 0 saturated carbocycles. The molecule has 0 saturated heterocycles. The average Bonchev–Trinajstić information content (AvgIpc) is 3.16. The van der Waals surface area contributed by atoms with Gasteiger partial charge in [0.2, 0.25) is 10.0 Å². The van der Waals surface area contributed by atoms with Crippen LogP contribution < -0.4 is 9.62 Å². The van der Waals surface area contributed by atoms with Crippen LogP contribution in [0.3, 0.4) is 0 Å². The summed E-state index contributed by atoms with van der Waals surface area (Å²) in [5.41, 5.74) is 2.05. The van der Waals surface area contributed by atoms with Crippen LogP contribution in [0.1, 0.15) is 22.8 Å². The van der Waals surface area contributed by atoms with Gasteiger partial charge in [-0.05, 0) is 49.2 Å². The summed E-state index contributed by atoms with van der Waals surface area (Å²) in [5, 5.41) is 0. The molecular weight excluding hydrogens is 392 g/mol. The van der Waals surface area contributed by atoms with Crippen LogP contribution >= 0.6 is 0 Å². The molecule has 1 heterocycles. The summed E-state index contributed by atoms with van der Waals surface area (Å²) in [6.45, 7) is 1.92. The molecule has 7 nitrogen and oxygen atoms in total. The molecule has 0 aliphatic carbocycles. The Morgan fingerprint density at radius 3 is 2.59 bits per heavy atom. The monoisotopic (exact) mass is 412 g/mol. The summed E-state index contributed by atoms with van der Waals surface area (Å²) in [7, 11) is -3.75. The van der Waals surface area contributed by atoms with Crippen molar-refractivity contribution >= 4 is 27.6 Å². The van der Waals surface area contributed by atoms with E-state index in [0.717, 1.165) is 17.7 Å². The SMILES string of the molecule is C#CCNS(=O)(=O)c1ccc(C(=O)OC(C)C(=O)N2CCc3ccccc32)cc1. The summed E-state index contributed by atoms with van der Waals surface area (Å²) < 4.78 is 31.6. The van der Waals surface area contributed by atoms with E-state index in [9.17, 15) is 18.0 Å². The second-order valence-corrected chi connectivity index (χ2v) is 8.24. The number of esters is 1. The standard InChI is InChI=1S/C21H20N2O5S/c1-3-13-22-29(26,27)18-10-8-17(9-11-18)21(25)28-15(2)20(24)23-14-12-16-6-4-5-7-19(16)23/h1,4-11,15,22H,12-14H2,2H3. The van der Waals surface area contributed by atoms with Crippen LogP contribution in [-0.2, 0) is 26.0 Å². The fourth-order valence-corrected chi connectivity index (χ4v) is 3.99. The number of nitrogens with zero attached hydrogens (tertiary/aromatic N) is 1. The molecule has 29 heavy (non-hydrogen) atoms. The number of hydrogen-bond acceptors (Lipinski definition) is 5. The zero-order chi connectivity index (χ0) is 21.0. The molecule has 1 aliphatic rings. The van der Waals surface area contributed by atoms with Crippen LogP contribution in [0.4, 0.5) is 5.69 Å². The lowest BCUT2D eigenvalue weighted by Crippen LogP contribution is -2.39. The highest BCUT2D eigenvalue weighted by Crippen LogP contribution is 2.28. The van der Waals surface area contributed by atoms with Crippen molar-refractivity contribution < 1.29 is 22.7 Å². The molecule has 1 unspecified atom stereocenters. The molecule has 2 aromatic carbocycles. The number of nitrogens with one attached hydrogen (secondary N) is 1. The first-order valence-corrected chi connectivity index (χ1v) is 10.5. The number of hydrogen-bond donors (Lipinski definition) is 1. The maximum absolute atomic E-state index is 12.7. The van der Waals surface area contributed by atoms with E-state index in [2.05, 4.69) is 10.6 Å². The third-order valence-electron chi connectivity index (χ3n) is 4.55. The predicted octanol–water partition coefficient (Wildman–Crippen LogP) is 1.73. The number of amides is 1. The minimum Gasteiger partial charge on any atom is -0.449 e. The molecule has 0 spiro atoms. The maximum atomic E-state index is 12.7. The number of benzene rings is 2. The zero-order valence-corrected chi connectivity index (χ0v) is 16.6. The van der Waals surface area contributed by atoms with Crippen LogP contribution in [0.2, 0.25) is 0 Å². The molecule has 1 atom stereocenters. The molecule has 0 radical (unpaired) electrons. The Bertz CT molecular complexity index is 1070. The van der Waals surface area contributed by atoms with Gasteiger partial charge in [-0.25, -0.2) is 13.2 Å². The zero-order valence-electron chi connectivity index (χ0n) is 15.8. The minimum atomic E-state index is -3.75. The molecule has 1 N–H and O–H groups in total. The fraction of sp³-hybridized carbons (Fsp3) is 0.238. The molecule has 2 aromatic rings. The Morgan fingerprint density at radius 2 is 1.90 bits per heavy atom. The van der Waals surface area contributed by atoms with E-state index in [1.165, 1.54) is 31.2 Å². The first kappa shape index (κ1) is 20.6. The normalized spacial score (nSPS) is 14.0. The number of sulfonamides is 1. The molecule has 1 amide bonds. The van der Waals surface area contributed by atoms with E-state index in [-0.39, 0.29) is 22.9 Å². The van der Waals surface area contributed by atoms with Crippen molar-refractivity contribution in [1.29, 1.82) is 0 Å². The van der Waals surface area contributed by atoms with Gasteiger partial charge in [-0.3, -0.25) is 4.79 Å². The van der Waals surface area contributed by atoms with E-state index in [4.69, 9.17) is 11.2 Å². The van der Waals surface area contributed by atoms with E-state index < -0.39 is 22.1 Å². The van der Waals surface area contributed by atoms with Crippen molar-refractivity contribution in [2.24, 2.45) is 0 Å². The highest BCUT2D eigenvalue weighted by molar-refractivity contribution is 7.89. The Hall–Kier alpha value is -3.15. The minimum absolute atomic E-state index is 0.0258. The van der Waals surface area contributed by atoms with Gasteiger partial charge < -0.3 is 9.64 Å². The highest BCUT2D eigenvalue weighted by Gasteiger charge is 2.30. The second-order valence-electron chi connectivity index (χ2n) is 6.47. The van der Waals surface area contributed by atoms with Crippen molar-refractivity contribution in [1.82, 2.24) is 4.72 Å². The number of anilines is 1. The fourth-order valence-electron chi connectivity index (χ4n) is 3.06. The number of carbonyl (C=O) groups is 2. The molecule has 1 aliphatic heterocycles. The number of rotatable bonds is 6. The molecular formula is C21H20N2O5S. The van der Waals surface area contributed by atoms with Gasteiger partial charge in [0, 0.05) is 12.2 Å². The van der Waals surface area contributed by atoms with Gasteiger partial charge in [0.15, 0.2) is 6.10 Å². The number of carbonyl (C=O) groups excluding carboxylic acids is 2. The van der Waals surface area contributed by atoms with Gasteiger partial charge in [0.05, 0.1) is 17.0 Å². The molecule has 0 fully saturated rings.